The zero-order chi connectivity index (χ0) is 12.4. The molecular formula is C12H17NO3S. The van der Waals surface area contributed by atoms with Crippen LogP contribution in [0.4, 0.5) is 0 Å². The van der Waals surface area contributed by atoms with Gasteiger partial charge >= 0.3 is 0 Å². The maximum Gasteiger partial charge on any atom is 0.261 e. The molecule has 0 aromatic carbocycles. The molecule has 1 aliphatic carbocycles. The standard InChI is InChI=1S/C12H17NO3S/c1-7-2-11(17-6-7)12(16)13-9-3-8(5-14)10(15)4-9/h2,6,8-10,14-15H,3-5H2,1H3,(H,13,16)/t8-,9-,10-/m1/s1. The van der Waals surface area contributed by atoms with Gasteiger partial charge in [0.05, 0.1) is 11.0 Å². The normalized spacial score (nSPS) is 28.3. The molecule has 3 N–H and O–H groups in total. The predicted molar refractivity (Wildman–Crippen MR) is 66.1 cm³/mol. The van der Waals surface area contributed by atoms with Crippen LogP contribution in [0.1, 0.15) is 28.1 Å². The predicted octanol–water partition coefficient (Wildman–Crippen LogP) is 0.918. The molecule has 0 unspecified atom stereocenters. The molecular weight excluding hydrogens is 238 g/mol. The fourth-order valence-corrected chi connectivity index (χ4v) is 3.02. The van der Waals surface area contributed by atoms with Gasteiger partial charge in [-0.3, -0.25) is 4.79 Å². The highest BCUT2D eigenvalue weighted by atomic mass is 32.1. The van der Waals surface area contributed by atoms with Crippen LogP contribution in [0, 0.1) is 12.8 Å². The van der Waals surface area contributed by atoms with E-state index in [4.69, 9.17) is 5.11 Å². The lowest BCUT2D eigenvalue weighted by Crippen LogP contribution is -2.32. The first-order chi connectivity index (χ1) is 8.10. The summed E-state index contributed by atoms with van der Waals surface area (Å²) in [6.45, 7) is 1.93. The number of aryl methyl sites for hydroxylation is 1. The zero-order valence-corrected chi connectivity index (χ0v) is 10.5. The second-order valence-corrected chi connectivity index (χ2v) is 5.55. The van der Waals surface area contributed by atoms with Crippen LogP contribution in [0.3, 0.4) is 0 Å². The van der Waals surface area contributed by atoms with E-state index in [1.165, 1.54) is 11.3 Å². The van der Waals surface area contributed by atoms with Gasteiger partial charge in [0.25, 0.3) is 5.91 Å². The molecule has 1 saturated carbocycles. The monoisotopic (exact) mass is 255 g/mol. The lowest BCUT2D eigenvalue weighted by atomic mass is 10.1. The number of aliphatic hydroxyl groups is 2. The molecule has 1 aromatic rings. The summed E-state index contributed by atoms with van der Waals surface area (Å²) in [5.74, 6) is -0.190. The van der Waals surface area contributed by atoms with Crippen molar-refractivity contribution >= 4 is 17.2 Å². The molecule has 1 fully saturated rings. The van der Waals surface area contributed by atoms with E-state index in [0.717, 1.165) is 5.56 Å². The first-order valence-electron chi connectivity index (χ1n) is 5.75. The molecule has 2 rings (SSSR count). The minimum atomic E-state index is -0.504. The van der Waals surface area contributed by atoms with Gasteiger partial charge in [-0.1, -0.05) is 0 Å². The van der Waals surface area contributed by atoms with E-state index in [2.05, 4.69) is 5.32 Å². The van der Waals surface area contributed by atoms with E-state index in [1.54, 1.807) is 0 Å². The fraction of sp³-hybridized carbons (Fsp3) is 0.583. The molecule has 1 aromatic heterocycles. The van der Waals surface area contributed by atoms with Crippen LogP contribution in [0.2, 0.25) is 0 Å². The number of carbonyl (C=O) groups excluding carboxylic acids is 1. The van der Waals surface area contributed by atoms with Crippen molar-refractivity contribution in [2.24, 2.45) is 5.92 Å². The Labute approximate surface area is 104 Å². The summed E-state index contributed by atoms with van der Waals surface area (Å²) in [6.07, 6.45) is 0.671. The third kappa shape index (κ3) is 2.86. The van der Waals surface area contributed by atoms with Crippen LogP contribution in [0.25, 0.3) is 0 Å². The van der Waals surface area contributed by atoms with Crippen molar-refractivity contribution in [3.63, 3.8) is 0 Å². The lowest BCUT2D eigenvalue weighted by molar-refractivity contribution is 0.0904. The molecule has 3 atom stereocenters. The molecule has 0 saturated heterocycles. The number of hydrogen-bond acceptors (Lipinski definition) is 4. The Bertz CT molecular complexity index is 404. The van der Waals surface area contributed by atoms with Gasteiger partial charge < -0.3 is 15.5 Å². The minimum absolute atomic E-state index is 0.0222. The fourth-order valence-electron chi connectivity index (χ4n) is 2.22. The van der Waals surface area contributed by atoms with E-state index >= 15 is 0 Å². The molecule has 1 amide bonds. The molecule has 1 aliphatic rings. The van der Waals surface area contributed by atoms with Crippen molar-refractivity contribution in [3.05, 3.63) is 21.9 Å². The van der Waals surface area contributed by atoms with Gasteiger partial charge in [-0.05, 0) is 36.8 Å². The summed E-state index contributed by atoms with van der Waals surface area (Å²) in [7, 11) is 0. The summed E-state index contributed by atoms with van der Waals surface area (Å²) in [4.78, 5) is 12.6. The van der Waals surface area contributed by atoms with Gasteiger partial charge in [0.15, 0.2) is 0 Å². The Morgan fingerprint density at radius 3 is 2.88 bits per heavy atom. The number of rotatable bonds is 3. The number of thiophene rings is 1. The van der Waals surface area contributed by atoms with Crippen molar-refractivity contribution in [1.82, 2.24) is 5.32 Å². The number of carbonyl (C=O) groups is 1. The van der Waals surface area contributed by atoms with E-state index in [-0.39, 0.29) is 24.5 Å². The maximum absolute atomic E-state index is 11.9. The van der Waals surface area contributed by atoms with Gasteiger partial charge in [-0.25, -0.2) is 0 Å². The Balaban J connectivity index is 1.92. The first-order valence-corrected chi connectivity index (χ1v) is 6.63. The lowest BCUT2D eigenvalue weighted by Gasteiger charge is -2.11. The first kappa shape index (κ1) is 12.5. The van der Waals surface area contributed by atoms with Crippen molar-refractivity contribution < 1.29 is 15.0 Å². The Morgan fingerprint density at radius 2 is 2.35 bits per heavy atom. The van der Waals surface area contributed by atoms with Crippen LogP contribution in [0.15, 0.2) is 11.4 Å². The summed E-state index contributed by atoms with van der Waals surface area (Å²) in [5, 5.41) is 23.5. The number of amides is 1. The van der Waals surface area contributed by atoms with Gasteiger partial charge in [-0.2, -0.15) is 0 Å². The molecule has 5 heteroatoms. The molecule has 1 heterocycles. The number of hydrogen-bond donors (Lipinski definition) is 3. The van der Waals surface area contributed by atoms with Gasteiger partial charge in [0, 0.05) is 18.6 Å². The van der Waals surface area contributed by atoms with E-state index in [1.807, 2.05) is 18.4 Å². The van der Waals surface area contributed by atoms with E-state index < -0.39 is 6.10 Å². The Hall–Kier alpha value is -0.910. The number of nitrogens with one attached hydrogen (secondary N) is 1. The largest absolute Gasteiger partial charge is 0.396 e. The average molecular weight is 255 g/mol. The molecule has 0 radical (unpaired) electrons. The van der Waals surface area contributed by atoms with Crippen LogP contribution >= 0.6 is 11.3 Å². The molecule has 4 nitrogen and oxygen atoms in total. The Morgan fingerprint density at radius 1 is 1.59 bits per heavy atom. The van der Waals surface area contributed by atoms with Crippen molar-refractivity contribution in [2.75, 3.05) is 6.61 Å². The van der Waals surface area contributed by atoms with E-state index in [9.17, 15) is 9.90 Å². The summed E-state index contributed by atoms with van der Waals surface area (Å²) in [5.41, 5.74) is 1.08. The highest BCUT2D eigenvalue weighted by Crippen LogP contribution is 2.26. The van der Waals surface area contributed by atoms with Crippen LogP contribution in [0.5, 0.6) is 0 Å². The van der Waals surface area contributed by atoms with Crippen LogP contribution < -0.4 is 5.32 Å². The third-order valence-electron chi connectivity index (χ3n) is 3.18. The minimum Gasteiger partial charge on any atom is -0.396 e. The van der Waals surface area contributed by atoms with Gasteiger partial charge in [0.2, 0.25) is 0 Å². The second-order valence-electron chi connectivity index (χ2n) is 4.64. The SMILES string of the molecule is Cc1csc(C(=O)N[C@@H]2C[C@H](CO)[C@H](O)C2)c1. The smallest absolute Gasteiger partial charge is 0.261 e. The van der Waals surface area contributed by atoms with Gasteiger partial charge in [-0.15, -0.1) is 11.3 Å². The van der Waals surface area contributed by atoms with Crippen molar-refractivity contribution in [2.45, 2.75) is 31.9 Å². The topological polar surface area (TPSA) is 69.6 Å². The molecule has 17 heavy (non-hydrogen) atoms. The Kier molecular flexibility index (Phi) is 3.81. The molecule has 0 bridgehead atoms. The average Bonchev–Trinajstić information content (AvgIpc) is 2.85. The summed E-state index contributed by atoms with van der Waals surface area (Å²) in [6, 6.07) is 1.83. The zero-order valence-electron chi connectivity index (χ0n) is 9.72. The second kappa shape index (κ2) is 5.16. The van der Waals surface area contributed by atoms with E-state index in [0.29, 0.717) is 17.7 Å². The maximum atomic E-state index is 11.9. The van der Waals surface area contributed by atoms with Gasteiger partial charge in [0.1, 0.15) is 0 Å². The summed E-state index contributed by atoms with van der Waals surface area (Å²) >= 11 is 1.42. The van der Waals surface area contributed by atoms with Crippen LogP contribution in [-0.4, -0.2) is 34.9 Å². The molecule has 0 spiro atoms. The molecule has 94 valence electrons. The summed E-state index contributed by atoms with van der Waals surface area (Å²) < 4.78 is 0. The van der Waals surface area contributed by atoms with Crippen molar-refractivity contribution in [1.29, 1.82) is 0 Å². The van der Waals surface area contributed by atoms with Crippen molar-refractivity contribution in [3.8, 4) is 0 Å². The highest BCUT2D eigenvalue weighted by Gasteiger charge is 2.33. The quantitative estimate of drug-likeness (QED) is 0.752. The van der Waals surface area contributed by atoms with Crippen LogP contribution in [-0.2, 0) is 0 Å². The number of aliphatic hydroxyl groups excluding tert-OH is 2. The highest BCUT2D eigenvalue weighted by molar-refractivity contribution is 7.12. The molecule has 0 aliphatic heterocycles. The third-order valence-corrected chi connectivity index (χ3v) is 4.23.